The molecular formula is C45H51ClF2N10O4. The highest BCUT2D eigenvalue weighted by Crippen LogP contribution is 2.46. The lowest BCUT2D eigenvalue weighted by atomic mass is 9.84. The topological polar surface area (TPSA) is 152 Å². The fourth-order valence-corrected chi connectivity index (χ4v) is 10.5. The molecule has 5 aliphatic rings. The monoisotopic (exact) mass is 868 g/mol. The zero-order valence-corrected chi connectivity index (χ0v) is 35.9. The van der Waals surface area contributed by atoms with Crippen molar-refractivity contribution in [1.29, 1.82) is 0 Å². The van der Waals surface area contributed by atoms with Crippen molar-refractivity contribution in [3.8, 4) is 5.75 Å². The molecule has 4 aliphatic heterocycles. The van der Waals surface area contributed by atoms with E-state index >= 15 is 8.78 Å². The number of anilines is 4. The molecule has 17 heteroatoms. The summed E-state index contributed by atoms with van der Waals surface area (Å²) in [5, 5.41) is 15.5. The van der Waals surface area contributed by atoms with Gasteiger partial charge in [-0.1, -0.05) is 23.7 Å². The highest BCUT2D eigenvalue weighted by molar-refractivity contribution is 6.33. The highest BCUT2D eigenvalue weighted by atomic mass is 35.5. The molecule has 2 aromatic carbocycles. The van der Waals surface area contributed by atoms with E-state index in [1.54, 1.807) is 19.3 Å². The smallest absolute Gasteiger partial charge is 0.301 e. The van der Waals surface area contributed by atoms with Crippen molar-refractivity contribution in [2.24, 2.45) is 25.9 Å². The zero-order valence-electron chi connectivity index (χ0n) is 35.1. The van der Waals surface area contributed by atoms with Crippen LogP contribution in [0.25, 0.3) is 21.8 Å². The summed E-state index contributed by atoms with van der Waals surface area (Å²) in [6, 6.07) is 8.63. The second-order valence-electron chi connectivity index (χ2n) is 18.0. The second-order valence-corrected chi connectivity index (χ2v) is 18.4. The lowest BCUT2D eigenvalue weighted by Gasteiger charge is -2.38. The van der Waals surface area contributed by atoms with Gasteiger partial charge in [0.2, 0.25) is 23.5 Å². The molecular weight excluding hydrogens is 818 g/mol. The Bertz CT molecular complexity index is 2670. The highest BCUT2D eigenvalue weighted by Gasteiger charge is 2.51. The lowest BCUT2D eigenvalue weighted by molar-refractivity contribution is -0.134. The number of ether oxygens (including phenoxy) is 1. The number of benzene rings is 2. The standard InChI is InChI=1S/C45H51ClF2N10O4/c1-24-29(7-8-30-36(54-56(3)38(24)30)31-9-11-35(59)51-42(31)60)26-14-16-57(17-15-26)22-25-12-18-58(19-13-25)44-49-21-33(46)41(53-44)50-28-6-10-34-32(20-28)37-39(43(61)55(34)2)62-23-45(47,48)40(52-37)27-4-5-27/h6-8,10,20-21,25-27,31,40,52H,4-5,9,11-19,22-23H2,1-3H3,(H,49,50,53)(H,51,59,60). The minimum Gasteiger partial charge on any atom is -0.480 e. The minimum absolute atomic E-state index is 0.103. The maximum atomic E-state index is 15.2. The predicted molar refractivity (Wildman–Crippen MR) is 234 cm³/mol. The Morgan fingerprint density at radius 3 is 2.48 bits per heavy atom. The first-order valence-electron chi connectivity index (χ1n) is 21.8. The number of piperidine rings is 3. The summed E-state index contributed by atoms with van der Waals surface area (Å²) >= 11 is 6.64. The predicted octanol–water partition coefficient (Wildman–Crippen LogP) is 6.76. The largest absolute Gasteiger partial charge is 0.480 e. The van der Waals surface area contributed by atoms with Crippen LogP contribution in [0.15, 0.2) is 41.3 Å². The van der Waals surface area contributed by atoms with Gasteiger partial charge < -0.3 is 29.7 Å². The van der Waals surface area contributed by atoms with Crippen LogP contribution < -0.4 is 31.1 Å². The normalized spacial score (nSPS) is 22.6. The van der Waals surface area contributed by atoms with Crippen molar-refractivity contribution >= 4 is 68.4 Å². The van der Waals surface area contributed by atoms with Crippen LogP contribution >= 0.6 is 11.6 Å². The van der Waals surface area contributed by atoms with E-state index in [9.17, 15) is 14.4 Å². The van der Waals surface area contributed by atoms with Crippen LogP contribution in [0.1, 0.15) is 80.0 Å². The van der Waals surface area contributed by atoms with E-state index in [2.05, 4.69) is 49.8 Å². The third kappa shape index (κ3) is 7.41. The van der Waals surface area contributed by atoms with E-state index in [1.165, 1.54) is 15.7 Å². The van der Waals surface area contributed by atoms with Gasteiger partial charge in [0.05, 0.1) is 40.6 Å². The molecule has 2 atom stereocenters. The number of nitrogens with one attached hydrogen (secondary N) is 3. The molecule has 1 aliphatic carbocycles. The third-order valence-corrected chi connectivity index (χ3v) is 14.2. The molecule has 14 nitrogen and oxygen atoms in total. The molecule has 3 aromatic heterocycles. The van der Waals surface area contributed by atoms with Crippen LogP contribution in [-0.4, -0.2) is 92.3 Å². The van der Waals surface area contributed by atoms with Crippen molar-refractivity contribution in [2.45, 2.75) is 82.1 Å². The van der Waals surface area contributed by atoms with E-state index < -0.39 is 30.0 Å². The number of rotatable bonds is 8. The SMILES string of the molecule is Cc1c(C2CCN(CC3CCN(c4ncc(Cl)c(Nc5ccc6c(c5)c5c(c(=O)n6C)OCC(F)(F)C(C6CC6)N5)n4)CC3)CC2)ccc2c(C3CCC(=O)NC3=O)nn(C)c12. The van der Waals surface area contributed by atoms with Crippen LogP contribution in [0, 0.1) is 18.8 Å². The Morgan fingerprint density at radius 2 is 1.74 bits per heavy atom. The number of alkyl halides is 2. The van der Waals surface area contributed by atoms with Gasteiger partial charge in [-0.3, -0.25) is 24.4 Å². The van der Waals surface area contributed by atoms with E-state index in [-0.39, 0.29) is 29.2 Å². The molecule has 10 rings (SSSR count). The number of aromatic nitrogens is 5. The number of fused-ring (bicyclic) bond motifs is 4. The van der Waals surface area contributed by atoms with Crippen molar-refractivity contribution in [3.63, 3.8) is 0 Å². The summed E-state index contributed by atoms with van der Waals surface area (Å²) in [5.41, 5.74) is 5.40. The Hall–Kier alpha value is -5.35. The van der Waals surface area contributed by atoms with Crippen molar-refractivity contribution < 1.29 is 23.1 Å². The van der Waals surface area contributed by atoms with E-state index in [4.69, 9.17) is 26.4 Å². The van der Waals surface area contributed by atoms with Gasteiger partial charge in [0.1, 0.15) is 5.02 Å². The van der Waals surface area contributed by atoms with Gasteiger partial charge in [0.25, 0.3) is 5.56 Å². The van der Waals surface area contributed by atoms with Crippen molar-refractivity contribution in [2.75, 3.05) is 54.9 Å². The molecule has 7 heterocycles. The van der Waals surface area contributed by atoms with Crippen LogP contribution in [-0.2, 0) is 23.7 Å². The Labute approximate surface area is 362 Å². The summed E-state index contributed by atoms with van der Waals surface area (Å²) in [4.78, 5) is 51.9. The van der Waals surface area contributed by atoms with E-state index in [0.717, 1.165) is 75.0 Å². The first kappa shape index (κ1) is 40.7. The number of hydrogen-bond donors (Lipinski definition) is 3. The number of carbonyl (C=O) groups excluding carboxylic acids is 2. The maximum Gasteiger partial charge on any atom is 0.301 e. The Balaban J connectivity index is 0.770. The van der Waals surface area contributed by atoms with Gasteiger partial charge in [-0.25, -0.2) is 13.8 Å². The molecule has 5 aromatic rings. The first-order valence-corrected chi connectivity index (χ1v) is 22.2. The number of carbonyl (C=O) groups is 2. The summed E-state index contributed by atoms with van der Waals surface area (Å²) < 4.78 is 39.2. The average molecular weight is 869 g/mol. The molecule has 1 saturated carbocycles. The van der Waals surface area contributed by atoms with Crippen LogP contribution in [0.2, 0.25) is 5.02 Å². The summed E-state index contributed by atoms with van der Waals surface area (Å²) in [5.74, 6) is -2.28. The average Bonchev–Trinajstić information content (AvgIpc) is 4.06. The Kier molecular flexibility index (Phi) is 10.4. The van der Waals surface area contributed by atoms with Gasteiger partial charge in [0.15, 0.2) is 12.4 Å². The maximum absolute atomic E-state index is 15.2. The molecule has 326 valence electrons. The molecule has 4 fully saturated rings. The molecule has 2 unspecified atom stereocenters. The number of halogens is 3. The van der Waals surface area contributed by atoms with Gasteiger partial charge in [-0.15, -0.1) is 0 Å². The van der Waals surface area contributed by atoms with Crippen LogP contribution in [0.4, 0.5) is 31.9 Å². The first-order chi connectivity index (χ1) is 29.8. The van der Waals surface area contributed by atoms with E-state index in [0.29, 0.717) is 70.9 Å². The lowest BCUT2D eigenvalue weighted by Crippen LogP contribution is -2.44. The fourth-order valence-electron chi connectivity index (χ4n) is 10.4. The molecule has 62 heavy (non-hydrogen) atoms. The Morgan fingerprint density at radius 1 is 0.968 bits per heavy atom. The summed E-state index contributed by atoms with van der Waals surface area (Å²) in [7, 11) is 3.55. The molecule has 0 radical (unpaired) electrons. The number of nitrogens with zero attached hydrogens (tertiary/aromatic N) is 7. The summed E-state index contributed by atoms with van der Waals surface area (Å²) in [6.45, 7) is 6.09. The zero-order chi connectivity index (χ0) is 43.0. The van der Waals surface area contributed by atoms with Crippen LogP contribution in [0.5, 0.6) is 5.75 Å². The summed E-state index contributed by atoms with van der Waals surface area (Å²) in [6.07, 6.45) is 8.01. The quantitative estimate of drug-likeness (QED) is 0.142. The van der Waals surface area contributed by atoms with Crippen molar-refractivity contribution in [3.05, 3.63) is 68.7 Å². The third-order valence-electron chi connectivity index (χ3n) is 13.9. The number of aryl methyl sites for hydroxylation is 3. The number of amides is 2. The minimum atomic E-state index is -3.13. The van der Waals surface area contributed by atoms with Crippen LogP contribution in [0.3, 0.4) is 0 Å². The fraction of sp³-hybridized carbons (Fsp3) is 0.511. The molecule has 2 amide bonds. The molecule has 3 saturated heterocycles. The van der Waals surface area contributed by atoms with Gasteiger partial charge in [0, 0.05) is 56.6 Å². The number of likely N-dealkylation sites (tertiary alicyclic amines) is 1. The molecule has 0 spiro atoms. The van der Waals surface area contributed by atoms with Gasteiger partial charge >= 0.3 is 5.92 Å². The second kappa shape index (κ2) is 15.8. The number of imide groups is 1. The van der Waals surface area contributed by atoms with Crippen molar-refractivity contribution in [1.82, 2.24) is 34.5 Å². The molecule has 3 N–H and O–H groups in total. The van der Waals surface area contributed by atoms with Gasteiger partial charge in [-0.2, -0.15) is 10.1 Å². The number of hydrogen-bond acceptors (Lipinski definition) is 11. The molecule has 0 bridgehead atoms. The number of pyridine rings is 1. The van der Waals surface area contributed by atoms with Gasteiger partial charge in [-0.05, 0) is 112 Å². The van der Waals surface area contributed by atoms with E-state index in [1.807, 2.05) is 23.9 Å².